The summed E-state index contributed by atoms with van der Waals surface area (Å²) in [6.45, 7) is 13.6. The predicted molar refractivity (Wildman–Crippen MR) is 275 cm³/mol. The van der Waals surface area contributed by atoms with E-state index in [9.17, 15) is 9.59 Å². The van der Waals surface area contributed by atoms with Gasteiger partial charge in [0.05, 0.1) is 49.2 Å². The summed E-state index contributed by atoms with van der Waals surface area (Å²) >= 11 is 0. The summed E-state index contributed by atoms with van der Waals surface area (Å²) in [5.74, 6) is 1.13. The van der Waals surface area contributed by atoms with Gasteiger partial charge in [0.15, 0.2) is 0 Å². The molecule has 11 heteroatoms. The first kappa shape index (κ1) is 52.4. The number of anilines is 1. The number of hydrogen-bond donors (Lipinski definition) is 1. The van der Waals surface area contributed by atoms with Crippen molar-refractivity contribution >= 4 is 51.1 Å². The molecule has 0 saturated heterocycles. The fourth-order valence-electron chi connectivity index (χ4n) is 7.33. The Morgan fingerprint density at radius 2 is 0.824 bits per heavy atom. The number of unbranched alkanes of at least 4 members (excludes halogenated alkanes) is 14. The number of nitrogens with zero attached hydrogens (tertiary/aromatic N) is 4. The minimum atomic E-state index is -0.298. The highest BCUT2D eigenvalue weighted by atomic mass is 16.5. The van der Waals surface area contributed by atoms with E-state index in [4.69, 9.17) is 18.9 Å². The lowest BCUT2D eigenvalue weighted by atomic mass is 10.1. The molecule has 0 fully saturated rings. The SMILES string of the molecule is C=C(C)C(=O)OCCCCCCCCCCOc1ccc(CNc2ccc(/N=N/c3ccc(/N=N/c4ccc(OCCCCCCCCCCOC(=O)C(=C)C)cc4)cc3)c3ccccc23)cc1. The first-order valence-electron chi connectivity index (χ1n) is 24.5. The summed E-state index contributed by atoms with van der Waals surface area (Å²) in [6.07, 6.45) is 18.0. The molecule has 5 rings (SSSR count). The highest BCUT2D eigenvalue weighted by Crippen LogP contribution is 2.34. The number of esters is 2. The molecule has 0 aromatic heterocycles. The molecule has 5 aromatic carbocycles. The number of rotatable bonds is 33. The van der Waals surface area contributed by atoms with Gasteiger partial charge in [0.2, 0.25) is 0 Å². The number of benzene rings is 5. The van der Waals surface area contributed by atoms with E-state index in [0.29, 0.717) is 37.5 Å². The van der Waals surface area contributed by atoms with Gasteiger partial charge in [-0.3, -0.25) is 0 Å². The van der Waals surface area contributed by atoms with Gasteiger partial charge < -0.3 is 24.3 Å². The summed E-state index contributed by atoms with van der Waals surface area (Å²) < 4.78 is 22.2. The third-order valence-electron chi connectivity index (χ3n) is 11.3. The van der Waals surface area contributed by atoms with Gasteiger partial charge in [-0.15, -0.1) is 5.11 Å². The fraction of sp³-hybridized carbons (Fsp3) is 0.404. The summed E-state index contributed by atoms with van der Waals surface area (Å²) in [6, 6.07) is 35.8. The molecular weight excluding hydrogens is 851 g/mol. The minimum absolute atomic E-state index is 0.294. The summed E-state index contributed by atoms with van der Waals surface area (Å²) in [4.78, 5) is 22.8. The van der Waals surface area contributed by atoms with E-state index in [2.05, 4.69) is 69.3 Å². The molecule has 0 bridgehead atoms. The molecule has 0 saturated carbocycles. The van der Waals surface area contributed by atoms with Gasteiger partial charge in [0, 0.05) is 34.2 Å². The van der Waals surface area contributed by atoms with Gasteiger partial charge in [-0.05, 0) is 118 Å². The van der Waals surface area contributed by atoms with Crippen LogP contribution in [0.15, 0.2) is 154 Å². The Labute approximate surface area is 404 Å². The normalized spacial score (nSPS) is 11.3. The van der Waals surface area contributed by atoms with Crippen molar-refractivity contribution in [1.82, 2.24) is 0 Å². The maximum atomic E-state index is 11.4. The van der Waals surface area contributed by atoms with E-state index in [1.807, 2.05) is 78.9 Å². The van der Waals surface area contributed by atoms with E-state index in [1.165, 1.54) is 50.5 Å². The number of carbonyl (C=O) groups excluding carboxylic acids is 2. The fourth-order valence-corrected chi connectivity index (χ4v) is 7.33. The minimum Gasteiger partial charge on any atom is -0.494 e. The van der Waals surface area contributed by atoms with Gasteiger partial charge in [-0.2, -0.15) is 15.3 Å². The lowest BCUT2D eigenvalue weighted by Crippen LogP contribution is -2.05. The summed E-state index contributed by atoms with van der Waals surface area (Å²) in [7, 11) is 0. The van der Waals surface area contributed by atoms with E-state index in [-0.39, 0.29) is 11.9 Å². The standard InChI is InChI=1S/C57H71N5O6/c1-44(2)56(63)67-41-21-15-11-7-5-9-13-19-39-65-50-33-25-46(26-34-50)43-58-54-37-38-55(53-24-18-17-23-52(53)54)62-61-48-29-27-47(28-30-48)59-60-49-31-35-51(36-32-49)66-40-20-14-10-6-8-12-16-22-42-68-57(64)45(3)4/h17-18,23-38,58H,1,3,5-16,19-22,39-43H2,2,4H3/b60-59+,62-61+. The smallest absolute Gasteiger partial charge is 0.333 e. The quantitative estimate of drug-likeness (QED) is 0.0192. The maximum Gasteiger partial charge on any atom is 0.333 e. The molecule has 0 amide bonds. The summed E-state index contributed by atoms with van der Waals surface area (Å²) in [5.41, 5.74) is 6.09. The molecule has 360 valence electrons. The molecular formula is C57H71N5O6. The van der Waals surface area contributed by atoms with Crippen LogP contribution in [0.1, 0.15) is 122 Å². The molecule has 0 aliphatic carbocycles. The Morgan fingerprint density at radius 3 is 1.28 bits per heavy atom. The van der Waals surface area contributed by atoms with Crippen LogP contribution < -0.4 is 14.8 Å². The molecule has 0 atom stereocenters. The topological polar surface area (TPSA) is 133 Å². The first-order chi connectivity index (χ1) is 33.2. The number of carbonyl (C=O) groups is 2. The van der Waals surface area contributed by atoms with Crippen molar-refractivity contribution in [2.75, 3.05) is 31.7 Å². The molecule has 1 N–H and O–H groups in total. The van der Waals surface area contributed by atoms with Crippen LogP contribution in [0.3, 0.4) is 0 Å². The molecule has 0 heterocycles. The van der Waals surface area contributed by atoms with Crippen molar-refractivity contribution in [3.05, 3.63) is 139 Å². The van der Waals surface area contributed by atoms with Crippen molar-refractivity contribution in [1.29, 1.82) is 0 Å². The van der Waals surface area contributed by atoms with Crippen molar-refractivity contribution < 1.29 is 28.5 Å². The zero-order valence-electron chi connectivity index (χ0n) is 40.4. The van der Waals surface area contributed by atoms with Crippen LogP contribution in [0.2, 0.25) is 0 Å². The average Bonchev–Trinajstić information content (AvgIpc) is 3.36. The Kier molecular flexibility index (Phi) is 23.6. The Morgan fingerprint density at radius 1 is 0.441 bits per heavy atom. The van der Waals surface area contributed by atoms with Crippen LogP contribution in [0.25, 0.3) is 10.8 Å². The Balaban J connectivity index is 0.951. The van der Waals surface area contributed by atoms with Crippen LogP contribution in [0, 0.1) is 0 Å². The molecule has 0 aliphatic heterocycles. The highest BCUT2D eigenvalue weighted by Gasteiger charge is 2.08. The monoisotopic (exact) mass is 922 g/mol. The van der Waals surface area contributed by atoms with Crippen LogP contribution in [0.4, 0.5) is 28.4 Å². The molecule has 0 unspecified atom stereocenters. The van der Waals surface area contributed by atoms with Gasteiger partial charge in [0.1, 0.15) is 11.5 Å². The lowest BCUT2D eigenvalue weighted by Gasteiger charge is -2.12. The third-order valence-corrected chi connectivity index (χ3v) is 11.3. The van der Waals surface area contributed by atoms with E-state index in [1.54, 1.807) is 13.8 Å². The number of ether oxygens (including phenoxy) is 4. The Hall–Kier alpha value is -6.62. The number of hydrogen-bond acceptors (Lipinski definition) is 11. The van der Waals surface area contributed by atoms with Crippen LogP contribution >= 0.6 is 0 Å². The van der Waals surface area contributed by atoms with Crippen molar-refractivity contribution in [3.63, 3.8) is 0 Å². The molecule has 0 aliphatic rings. The number of nitrogens with one attached hydrogen (secondary N) is 1. The van der Waals surface area contributed by atoms with Crippen LogP contribution in [-0.4, -0.2) is 38.4 Å². The second-order valence-corrected chi connectivity index (χ2v) is 17.3. The molecule has 11 nitrogen and oxygen atoms in total. The molecule has 0 radical (unpaired) electrons. The molecule has 68 heavy (non-hydrogen) atoms. The number of fused-ring (bicyclic) bond motifs is 1. The first-order valence-corrected chi connectivity index (χ1v) is 24.5. The third kappa shape index (κ3) is 20.1. The van der Waals surface area contributed by atoms with Crippen molar-refractivity contribution in [2.45, 2.75) is 123 Å². The van der Waals surface area contributed by atoms with Crippen LogP contribution in [0.5, 0.6) is 11.5 Å². The van der Waals surface area contributed by atoms with Gasteiger partial charge in [-0.25, -0.2) is 9.59 Å². The van der Waals surface area contributed by atoms with Gasteiger partial charge >= 0.3 is 11.9 Å². The maximum absolute atomic E-state index is 11.4. The summed E-state index contributed by atoms with van der Waals surface area (Å²) in [5, 5.41) is 23.7. The van der Waals surface area contributed by atoms with E-state index >= 15 is 0 Å². The van der Waals surface area contributed by atoms with Crippen molar-refractivity contribution in [3.8, 4) is 11.5 Å². The van der Waals surface area contributed by atoms with E-state index in [0.717, 1.165) is 115 Å². The van der Waals surface area contributed by atoms with Crippen molar-refractivity contribution in [2.24, 2.45) is 20.5 Å². The predicted octanol–water partition coefficient (Wildman–Crippen LogP) is 16.5. The van der Waals surface area contributed by atoms with Gasteiger partial charge in [-0.1, -0.05) is 127 Å². The molecule has 0 spiro atoms. The zero-order valence-corrected chi connectivity index (χ0v) is 40.4. The van der Waals surface area contributed by atoms with Gasteiger partial charge in [0.25, 0.3) is 0 Å². The highest BCUT2D eigenvalue weighted by molar-refractivity contribution is 6.00. The Bertz CT molecular complexity index is 2360. The number of azo groups is 2. The zero-order chi connectivity index (χ0) is 48.0. The molecule has 5 aromatic rings. The second kappa shape index (κ2) is 30.6. The largest absolute Gasteiger partial charge is 0.494 e. The van der Waals surface area contributed by atoms with Crippen LogP contribution in [-0.2, 0) is 25.6 Å². The lowest BCUT2D eigenvalue weighted by molar-refractivity contribution is -0.139. The average molecular weight is 922 g/mol. The van der Waals surface area contributed by atoms with E-state index < -0.39 is 0 Å². The second-order valence-electron chi connectivity index (χ2n) is 17.3.